The van der Waals surface area contributed by atoms with Crippen LogP contribution in [-0.2, 0) is 20.7 Å². The number of aliphatic hydroxyl groups excluding tert-OH is 1. The lowest BCUT2D eigenvalue weighted by molar-refractivity contribution is -0.171. The number of likely N-dealkylation sites (tertiary alicyclic amines) is 1. The molecule has 6 atom stereocenters. The zero-order chi connectivity index (χ0) is 37.4. The average Bonchev–Trinajstić information content (AvgIpc) is 3.76. The summed E-state index contributed by atoms with van der Waals surface area (Å²) in [5.41, 5.74) is -2.12. The predicted octanol–water partition coefficient (Wildman–Crippen LogP) is 6.93. The summed E-state index contributed by atoms with van der Waals surface area (Å²) in [6, 6.07) is 43.9. The summed E-state index contributed by atoms with van der Waals surface area (Å²) in [5.74, 6) is -0.688. The maximum atomic E-state index is 14.7. The number of hydrogen-bond acceptors (Lipinski definition) is 8. The summed E-state index contributed by atoms with van der Waals surface area (Å²) in [7, 11) is 6.15. The Labute approximate surface area is 311 Å². The molecule has 8 rings (SSSR count). The lowest BCUT2D eigenvalue weighted by Gasteiger charge is -2.45. The van der Waals surface area contributed by atoms with Crippen molar-refractivity contribution < 1.29 is 38.7 Å². The molecule has 2 aliphatic heterocycles. The molecule has 2 fully saturated rings. The van der Waals surface area contributed by atoms with E-state index < -0.39 is 35.4 Å². The Balaban J connectivity index is 0.000000339. The van der Waals surface area contributed by atoms with Gasteiger partial charge >= 0.3 is 0 Å². The molecule has 0 radical (unpaired) electrons. The number of ether oxygens (including phenoxy) is 5. The van der Waals surface area contributed by atoms with E-state index in [2.05, 4.69) is 0 Å². The van der Waals surface area contributed by atoms with E-state index >= 15 is 0 Å². The number of rotatable bonds is 7. The number of carbonyl (C=O) groups is 1. The monoisotopic (exact) mass is 717 g/mol. The first-order chi connectivity index (χ1) is 25.8. The van der Waals surface area contributed by atoms with Gasteiger partial charge in [0.05, 0.1) is 32.8 Å². The highest BCUT2D eigenvalue weighted by Gasteiger charge is 2.76. The first-order valence-corrected chi connectivity index (χ1v) is 17.7. The Kier molecular flexibility index (Phi) is 11.7. The van der Waals surface area contributed by atoms with Crippen LogP contribution >= 0.6 is 0 Å². The summed E-state index contributed by atoms with van der Waals surface area (Å²) in [4.78, 5) is 16.4. The van der Waals surface area contributed by atoms with Crippen LogP contribution in [0.4, 0.5) is 0 Å². The Hall–Kier alpha value is -5.35. The zero-order valence-electron chi connectivity index (χ0n) is 30.5. The molecule has 276 valence electrons. The molecule has 0 spiro atoms. The molecule has 5 aromatic rings. The van der Waals surface area contributed by atoms with Crippen molar-refractivity contribution in [2.75, 3.05) is 35.0 Å². The highest BCUT2D eigenvalue weighted by atomic mass is 16.5. The van der Waals surface area contributed by atoms with Crippen molar-refractivity contribution in [1.29, 1.82) is 0 Å². The van der Waals surface area contributed by atoms with Gasteiger partial charge in [-0.25, -0.2) is 0 Å². The van der Waals surface area contributed by atoms with Crippen LogP contribution in [0.2, 0.25) is 0 Å². The minimum Gasteiger partial charge on any atom is -0.497 e. The molecule has 0 aromatic heterocycles. The highest BCUT2D eigenvalue weighted by Crippen LogP contribution is 2.68. The molecule has 1 saturated heterocycles. The first kappa shape index (κ1) is 37.4. The fourth-order valence-electron chi connectivity index (χ4n) is 7.94. The van der Waals surface area contributed by atoms with Crippen molar-refractivity contribution in [2.24, 2.45) is 5.92 Å². The first-order valence-electron chi connectivity index (χ1n) is 17.7. The van der Waals surface area contributed by atoms with Crippen LogP contribution in [0.1, 0.15) is 35.4 Å². The molecule has 1 aliphatic carbocycles. The van der Waals surface area contributed by atoms with Gasteiger partial charge in [0.2, 0.25) is 5.91 Å². The minimum absolute atomic E-state index is 0.211. The number of hydrogen-bond donors (Lipinski definition) is 2. The molecular formula is C44H47NO8. The summed E-state index contributed by atoms with van der Waals surface area (Å²) >= 11 is 0. The van der Waals surface area contributed by atoms with E-state index in [9.17, 15) is 15.0 Å². The van der Waals surface area contributed by atoms with Crippen LogP contribution in [0.25, 0.3) is 0 Å². The van der Waals surface area contributed by atoms with E-state index in [4.69, 9.17) is 23.7 Å². The Morgan fingerprint density at radius 2 is 1.28 bits per heavy atom. The van der Waals surface area contributed by atoms with Gasteiger partial charge in [-0.2, -0.15) is 0 Å². The molecule has 5 aromatic carbocycles. The largest absolute Gasteiger partial charge is 0.497 e. The van der Waals surface area contributed by atoms with Crippen LogP contribution in [-0.4, -0.2) is 68.3 Å². The second-order valence-corrected chi connectivity index (χ2v) is 13.1. The molecule has 9 heteroatoms. The quantitative estimate of drug-likeness (QED) is 0.187. The molecular weight excluding hydrogens is 670 g/mol. The Morgan fingerprint density at radius 1 is 0.736 bits per heavy atom. The number of carbonyl (C=O) groups excluding carboxylic acids is 1. The lowest BCUT2D eigenvalue weighted by Crippen LogP contribution is -2.55. The number of benzene rings is 5. The summed E-state index contributed by atoms with van der Waals surface area (Å²) < 4.78 is 29.2. The molecule has 3 aliphatic rings. The van der Waals surface area contributed by atoms with Crippen molar-refractivity contribution in [3.8, 4) is 23.0 Å². The van der Waals surface area contributed by atoms with Gasteiger partial charge in [-0.05, 0) is 36.1 Å². The van der Waals surface area contributed by atoms with Gasteiger partial charge in [0, 0.05) is 31.7 Å². The maximum absolute atomic E-state index is 14.7. The number of nitrogens with zero attached hydrogens (tertiary/aromatic N) is 1. The van der Waals surface area contributed by atoms with E-state index in [1.54, 1.807) is 43.4 Å². The van der Waals surface area contributed by atoms with Crippen molar-refractivity contribution in [2.45, 2.75) is 42.3 Å². The fourth-order valence-corrected chi connectivity index (χ4v) is 7.94. The molecule has 1 saturated carbocycles. The number of methoxy groups -OCH3 is 4. The summed E-state index contributed by atoms with van der Waals surface area (Å²) in [6.45, 7) is 0.477. The SMILES string of the molecule is COc1ccc([C@]23Oc4cc(OC)cc(OC)c4[C@](O)([C@H](C(=O)N4CCC[C@@H]4OC)[C@H]2c2ccccc2)[C@@H]3O)cc1.c1ccccc1.c1ccccc1. The second kappa shape index (κ2) is 16.5. The van der Waals surface area contributed by atoms with Crippen molar-refractivity contribution in [3.63, 3.8) is 0 Å². The third-order valence-corrected chi connectivity index (χ3v) is 10.3. The van der Waals surface area contributed by atoms with Gasteiger partial charge in [-0.1, -0.05) is 115 Å². The highest BCUT2D eigenvalue weighted by molar-refractivity contribution is 5.85. The second-order valence-electron chi connectivity index (χ2n) is 13.1. The fraction of sp³-hybridized carbons (Fsp3) is 0.295. The lowest BCUT2D eigenvalue weighted by atomic mass is 9.75. The van der Waals surface area contributed by atoms with Gasteiger partial charge < -0.3 is 38.8 Å². The molecule has 0 unspecified atom stereocenters. The van der Waals surface area contributed by atoms with E-state index in [0.29, 0.717) is 30.0 Å². The zero-order valence-corrected chi connectivity index (χ0v) is 30.5. The molecule has 2 heterocycles. The molecule has 9 nitrogen and oxygen atoms in total. The number of fused-ring (bicyclic) bond motifs is 4. The molecule has 53 heavy (non-hydrogen) atoms. The van der Waals surface area contributed by atoms with Gasteiger partial charge in [0.25, 0.3) is 0 Å². The van der Waals surface area contributed by atoms with E-state index in [1.165, 1.54) is 14.2 Å². The van der Waals surface area contributed by atoms with Crippen molar-refractivity contribution in [1.82, 2.24) is 4.90 Å². The third-order valence-electron chi connectivity index (χ3n) is 10.3. The normalized spacial score (nSPS) is 25.0. The standard InChI is InChI=1S/C32H35NO8.2C6H6/c1-37-21-14-12-20(13-15-21)32-26(19-9-6-5-7-10-19)28(29(34)33-16-8-11-25(33)40-4)31(36,30(32)35)27-23(39-3)17-22(38-2)18-24(27)41-32;2*1-2-4-6-5-3-1/h5-7,9-10,12-15,17-18,25-26,28,30,35-36H,8,11,16H2,1-4H3;2*1-6H/t25-,26+,28-,30-,31-,32-;;/m0../s1. The van der Waals surface area contributed by atoms with Gasteiger partial charge in [0.15, 0.2) is 5.60 Å². The topological polar surface area (TPSA) is 107 Å². The predicted molar refractivity (Wildman–Crippen MR) is 202 cm³/mol. The maximum Gasteiger partial charge on any atom is 0.231 e. The number of amides is 1. The summed E-state index contributed by atoms with van der Waals surface area (Å²) in [5, 5.41) is 25.4. The minimum atomic E-state index is -2.09. The van der Waals surface area contributed by atoms with E-state index in [1.807, 2.05) is 115 Å². The summed E-state index contributed by atoms with van der Waals surface area (Å²) in [6.07, 6.45) is -0.537. The van der Waals surface area contributed by atoms with E-state index in [0.717, 1.165) is 12.0 Å². The molecule has 2 bridgehead atoms. The third kappa shape index (κ3) is 6.95. The van der Waals surface area contributed by atoms with E-state index in [-0.39, 0.29) is 23.0 Å². The van der Waals surface area contributed by atoms with Gasteiger partial charge in [0.1, 0.15) is 40.9 Å². The van der Waals surface area contributed by atoms with Crippen LogP contribution in [0.5, 0.6) is 23.0 Å². The van der Waals surface area contributed by atoms with Crippen molar-refractivity contribution in [3.05, 3.63) is 156 Å². The van der Waals surface area contributed by atoms with Gasteiger partial charge in [-0.3, -0.25) is 4.79 Å². The van der Waals surface area contributed by atoms with Crippen LogP contribution in [0.15, 0.2) is 140 Å². The Morgan fingerprint density at radius 3 is 1.79 bits per heavy atom. The molecule has 1 amide bonds. The van der Waals surface area contributed by atoms with Crippen molar-refractivity contribution >= 4 is 5.91 Å². The number of aliphatic hydroxyl groups is 2. The smallest absolute Gasteiger partial charge is 0.231 e. The van der Waals surface area contributed by atoms with Crippen LogP contribution in [0, 0.1) is 5.92 Å². The molecule has 2 N–H and O–H groups in total. The average molecular weight is 718 g/mol. The van der Waals surface area contributed by atoms with Crippen LogP contribution < -0.4 is 18.9 Å². The van der Waals surface area contributed by atoms with Crippen LogP contribution in [0.3, 0.4) is 0 Å². The van der Waals surface area contributed by atoms with Gasteiger partial charge in [-0.15, -0.1) is 0 Å². The Bertz CT molecular complexity index is 1820.